The third-order valence-corrected chi connectivity index (χ3v) is 9.50. The molecule has 0 radical (unpaired) electrons. The summed E-state index contributed by atoms with van der Waals surface area (Å²) in [5, 5.41) is 4.25. The van der Waals surface area contributed by atoms with Crippen molar-refractivity contribution in [2.75, 3.05) is 57.4 Å². The molecular formula is C31H30F4N6O2. The summed E-state index contributed by atoms with van der Waals surface area (Å²) in [4.78, 5) is 17.9. The number of alkyl halides is 1. The molecule has 2 aromatic carbocycles. The molecule has 2 atom stereocenters. The first-order chi connectivity index (χ1) is 20.8. The highest BCUT2D eigenvalue weighted by Crippen LogP contribution is 2.41. The van der Waals surface area contributed by atoms with Crippen LogP contribution in [0.2, 0.25) is 0 Å². The number of anilines is 1. The molecule has 0 aliphatic carbocycles. The number of nitrogens with one attached hydrogen (secondary N) is 1. The molecule has 8 rings (SSSR count). The topological polar surface area (TPSA) is 75.6 Å². The van der Waals surface area contributed by atoms with Gasteiger partial charge in [-0.25, -0.2) is 17.6 Å². The highest BCUT2D eigenvalue weighted by atomic mass is 19.2. The Morgan fingerprint density at radius 2 is 1.95 bits per heavy atom. The lowest BCUT2D eigenvalue weighted by molar-refractivity contribution is -0.0743. The summed E-state index contributed by atoms with van der Waals surface area (Å²) in [6, 6.07) is 7.27. The van der Waals surface area contributed by atoms with Gasteiger partial charge in [0.2, 0.25) is 0 Å². The fraction of sp³-hybridized carbons (Fsp3) is 0.452. The minimum Gasteiger partial charge on any atom is -0.461 e. The molecule has 1 spiro atoms. The van der Waals surface area contributed by atoms with Crippen molar-refractivity contribution in [1.82, 2.24) is 25.2 Å². The van der Waals surface area contributed by atoms with Crippen LogP contribution in [0.5, 0.6) is 6.01 Å². The summed E-state index contributed by atoms with van der Waals surface area (Å²) in [7, 11) is 0. The summed E-state index contributed by atoms with van der Waals surface area (Å²) >= 11 is 0. The van der Waals surface area contributed by atoms with E-state index in [2.05, 4.69) is 25.1 Å². The van der Waals surface area contributed by atoms with E-state index in [0.29, 0.717) is 62.4 Å². The first-order valence-corrected chi connectivity index (χ1v) is 14.7. The predicted octanol–water partition coefficient (Wildman–Crippen LogP) is 4.40. The van der Waals surface area contributed by atoms with Gasteiger partial charge >= 0.3 is 6.01 Å². The Kier molecular flexibility index (Phi) is 6.25. The molecule has 0 saturated carbocycles. The van der Waals surface area contributed by atoms with Gasteiger partial charge < -0.3 is 19.7 Å². The number of hydrogen-bond donors (Lipinski definition) is 1. The van der Waals surface area contributed by atoms with E-state index in [4.69, 9.17) is 14.5 Å². The van der Waals surface area contributed by atoms with E-state index in [1.54, 1.807) is 12.1 Å². The lowest BCUT2D eigenvalue weighted by atomic mass is 9.94. The molecule has 6 heterocycles. The second-order valence-corrected chi connectivity index (χ2v) is 12.3. The van der Waals surface area contributed by atoms with Crippen LogP contribution in [-0.2, 0) is 4.74 Å². The van der Waals surface area contributed by atoms with Crippen LogP contribution < -0.4 is 15.0 Å². The average Bonchev–Trinajstić information content (AvgIpc) is 3.53. The molecule has 0 bridgehead atoms. The Balaban J connectivity index is 1.25. The molecule has 1 N–H and O–H groups in total. The van der Waals surface area contributed by atoms with Gasteiger partial charge in [-0.05, 0) is 30.8 Å². The predicted molar refractivity (Wildman–Crippen MR) is 152 cm³/mol. The molecule has 4 saturated heterocycles. The molecule has 0 amide bonds. The van der Waals surface area contributed by atoms with Crippen molar-refractivity contribution in [3.05, 3.63) is 54.0 Å². The third-order valence-electron chi connectivity index (χ3n) is 9.50. The number of halogens is 4. The van der Waals surface area contributed by atoms with Crippen molar-refractivity contribution in [1.29, 1.82) is 0 Å². The molecule has 224 valence electrons. The van der Waals surface area contributed by atoms with E-state index in [0.717, 1.165) is 25.5 Å². The summed E-state index contributed by atoms with van der Waals surface area (Å²) in [6.07, 6.45) is 2.70. The number of nitrogens with zero attached hydrogens (tertiary/aromatic N) is 5. The van der Waals surface area contributed by atoms with Gasteiger partial charge in [-0.15, -0.1) is 0 Å². The Morgan fingerprint density at radius 1 is 1.07 bits per heavy atom. The number of piperazine rings is 1. The number of benzene rings is 2. The lowest BCUT2D eigenvalue weighted by Crippen LogP contribution is -2.70. The number of rotatable bonds is 5. The molecule has 4 fully saturated rings. The SMILES string of the molecule is Fc1ccc2cccc(-c3ncc4c(N5CCNC6(COC6)C5)nc(OC[C@@]56CCCN5C[C@H](F)C6)nc4c3F)c2c1F. The summed E-state index contributed by atoms with van der Waals surface area (Å²) in [6.45, 7) is 4.34. The maximum Gasteiger partial charge on any atom is 0.319 e. The van der Waals surface area contributed by atoms with Gasteiger partial charge in [0.25, 0.3) is 0 Å². The quantitative estimate of drug-likeness (QED) is 0.341. The van der Waals surface area contributed by atoms with Crippen LogP contribution in [0.3, 0.4) is 0 Å². The van der Waals surface area contributed by atoms with E-state index in [1.165, 1.54) is 18.3 Å². The van der Waals surface area contributed by atoms with Crippen LogP contribution in [0.1, 0.15) is 19.3 Å². The average molecular weight is 595 g/mol. The van der Waals surface area contributed by atoms with Gasteiger partial charge in [-0.1, -0.05) is 24.3 Å². The lowest BCUT2D eigenvalue weighted by Gasteiger charge is -2.49. The van der Waals surface area contributed by atoms with Crippen molar-refractivity contribution in [2.45, 2.75) is 36.5 Å². The second-order valence-electron chi connectivity index (χ2n) is 12.3. The fourth-order valence-electron chi connectivity index (χ4n) is 7.35. The number of hydrogen-bond acceptors (Lipinski definition) is 8. The second kappa shape index (κ2) is 9.96. The summed E-state index contributed by atoms with van der Waals surface area (Å²) in [5.41, 5.74) is -0.737. The van der Waals surface area contributed by atoms with E-state index in [1.807, 2.05) is 0 Å². The van der Waals surface area contributed by atoms with Crippen LogP contribution >= 0.6 is 0 Å². The number of pyridine rings is 1. The van der Waals surface area contributed by atoms with Crippen molar-refractivity contribution >= 4 is 27.5 Å². The first-order valence-electron chi connectivity index (χ1n) is 14.7. The number of ether oxygens (including phenoxy) is 2. The highest BCUT2D eigenvalue weighted by Gasteiger charge is 2.49. The van der Waals surface area contributed by atoms with Crippen LogP contribution in [0.15, 0.2) is 36.5 Å². The molecule has 4 aliphatic rings. The Hall–Kier alpha value is -3.61. The molecule has 12 heteroatoms. The van der Waals surface area contributed by atoms with Crippen molar-refractivity contribution < 1.29 is 27.0 Å². The van der Waals surface area contributed by atoms with Crippen molar-refractivity contribution in [3.63, 3.8) is 0 Å². The van der Waals surface area contributed by atoms with Crippen LogP contribution in [0.25, 0.3) is 32.9 Å². The smallest absolute Gasteiger partial charge is 0.319 e. The molecule has 0 unspecified atom stereocenters. The molecule has 2 aromatic heterocycles. The molecule has 4 aliphatic heterocycles. The monoisotopic (exact) mass is 594 g/mol. The highest BCUT2D eigenvalue weighted by molar-refractivity contribution is 5.99. The van der Waals surface area contributed by atoms with Crippen molar-refractivity contribution in [3.8, 4) is 17.3 Å². The summed E-state index contributed by atoms with van der Waals surface area (Å²) in [5.74, 6) is -2.42. The summed E-state index contributed by atoms with van der Waals surface area (Å²) < 4.78 is 71.9. The minimum atomic E-state index is -1.07. The molecular weight excluding hydrogens is 564 g/mol. The zero-order valence-corrected chi connectivity index (χ0v) is 23.4. The maximum absolute atomic E-state index is 16.5. The van der Waals surface area contributed by atoms with Gasteiger partial charge in [0, 0.05) is 49.7 Å². The Bertz CT molecular complexity index is 1750. The zero-order valence-electron chi connectivity index (χ0n) is 23.4. The van der Waals surface area contributed by atoms with Crippen molar-refractivity contribution in [2.24, 2.45) is 0 Å². The largest absolute Gasteiger partial charge is 0.461 e. The van der Waals surface area contributed by atoms with Gasteiger partial charge in [0.1, 0.15) is 29.8 Å². The van der Waals surface area contributed by atoms with Crippen LogP contribution in [0.4, 0.5) is 23.4 Å². The first kappa shape index (κ1) is 27.0. The fourth-order valence-corrected chi connectivity index (χ4v) is 7.35. The van der Waals surface area contributed by atoms with E-state index in [-0.39, 0.29) is 40.3 Å². The number of fused-ring (bicyclic) bond motifs is 3. The third kappa shape index (κ3) is 4.33. The number of aromatic nitrogens is 3. The Morgan fingerprint density at radius 3 is 2.79 bits per heavy atom. The van der Waals surface area contributed by atoms with Gasteiger partial charge in [0.05, 0.1) is 29.7 Å². The normalized spacial score (nSPS) is 25.0. The van der Waals surface area contributed by atoms with Gasteiger partial charge in [0.15, 0.2) is 17.5 Å². The van der Waals surface area contributed by atoms with E-state index >= 15 is 8.78 Å². The minimum absolute atomic E-state index is 0.0188. The Labute approximate surface area is 245 Å². The molecule has 8 nitrogen and oxygen atoms in total. The van der Waals surface area contributed by atoms with Gasteiger partial charge in [-0.2, -0.15) is 9.97 Å². The zero-order chi connectivity index (χ0) is 29.3. The van der Waals surface area contributed by atoms with Crippen LogP contribution in [0, 0.1) is 17.5 Å². The maximum atomic E-state index is 16.5. The standard InChI is InChI=1S/C31H30F4N6O2/c32-19-11-31(7-2-9-41(31)13-19)17-43-29-38-27-21(28(39-29)40-10-8-37-30(14-40)15-42-16-30)12-36-26(25(27)35)20-4-1-3-18-5-6-22(33)24(34)23(18)20/h1,3-6,12,19,37H,2,7-11,13-17H2/t19-,31+/m1/s1. The van der Waals surface area contributed by atoms with E-state index in [9.17, 15) is 8.78 Å². The molecule has 4 aromatic rings. The van der Waals surface area contributed by atoms with E-state index < -0.39 is 29.2 Å². The van der Waals surface area contributed by atoms with Gasteiger partial charge in [-0.3, -0.25) is 9.88 Å². The molecule has 43 heavy (non-hydrogen) atoms. The van der Waals surface area contributed by atoms with Crippen LogP contribution in [-0.4, -0.2) is 89.6 Å².